The normalized spacial score (nSPS) is 16.4. The third kappa shape index (κ3) is 3.11. The zero-order valence-electron chi connectivity index (χ0n) is 9.72. The smallest absolute Gasteiger partial charge is 0.159 e. The highest BCUT2D eigenvalue weighted by molar-refractivity contribution is 5.81. The molecule has 1 aromatic rings. The van der Waals surface area contributed by atoms with Gasteiger partial charge in [-0.15, -0.1) is 0 Å². The summed E-state index contributed by atoms with van der Waals surface area (Å²) in [5.74, 6) is -1.20. The Labute approximate surface area is 99.8 Å². The lowest BCUT2D eigenvalue weighted by Gasteiger charge is -2.07. The van der Waals surface area contributed by atoms with Gasteiger partial charge in [0.1, 0.15) is 5.78 Å². The Morgan fingerprint density at radius 3 is 2.53 bits per heavy atom. The van der Waals surface area contributed by atoms with E-state index in [1.807, 2.05) is 0 Å². The number of hydrogen-bond donors (Lipinski definition) is 0. The highest BCUT2D eigenvalue weighted by Crippen LogP contribution is 2.26. The molecule has 1 aromatic carbocycles. The molecule has 0 heterocycles. The first-order chi connectivity index (χ1) is 8.16. The molecule has 0 saturated heterocycles. The second-order valence-electron chi connectivity index (χ2n) is 4.70. The quantitative estimate of drug-likeness (QED) is 0.782. The fourth-order valence-electron chi connectivity index (χ4n) is 2.41. The lowest BCUT2D eigenvalue weighted by atomic mass is 9.97. The minimum Gasteiger partial charge on any atom is -0.299 e. The highest BCUT2D eigenvalue weighted by Gasteiger charge is 2.21. The van der Waals surface area contributed by atoms with Crippen molar-refractivity contribution in [3.8, 4) is 0 Å². The summed E-state index contributed by atoms with van der Waals surface area (Å²) >= 11 is 0. The Bertz CT molecular complexity index is 409. The van der Waals surface area contributed by atoms with Crippen molar-refractivity contribution < 1.29 is 13.6 Å². The van der Waals surface area contributed by atoms with Crippen LogP contribution < -0.4 is 0 Å². The van der Waals surface area contributed by atoms with Gasteiger partial charge >= 0.3 is 0 Å². The molecule has 1 fully saturated rings. The van der Waals surface area contributed by atoms with Crippen molar-refractivity contribution in [2.75, 3.05) is 0 Å². The lowest BCUT2D eigenvalue weighted by molar-refractivity contribution is -0.122. The van der Waals surface area contributed by atoms with Crippen molar-refractivity contribution in [3.63, 3.8) is 0 Å². The number of carbonyl (C=O) groups excluding carboxylic acids is 1. The van der Waals surface area contributed by atoms with Gasteiger partial charge in [-0.1, -0.05) is 18.9 Å². The third-order valence-electron chi connectivity index (χ3n) is 3.45. The molecule has 92 valence electrons. The number of ketones is 1. The predicted octanol–water partition coefficient (Wildman–Crippen LogP) is 3.66. The standard InChI is InChI=1S/C14H16F2O/c15-12-7-5-10(9-13(12)16)6-8-14(17)11-3-1-2-4-11/h5,7,9,11H,1-4,6,8H2. The van der Waals surface area contributed by atoms with Crippen molar-refractivity contribution >= 4 is 5.78 Å². The monoisotopic (exact) mass is 238 g/mol. The maximum absolute atomic E-state index is 12.9. The SMILES string of the molecule is O=C(CCc1ccc(F)c(F)c1)C1CCCC1. The Morgan fingerprint density at radius 2 is 1.88 bits per heavy atom. The second kappa shape index (κ2) is 5.39. The summed E-state index contributed by atoms with van der Waals surface area (Å²) < 4.78 is 25.6. The fraction of sp³-hybridized carbons (Fsp3) is 0.500. The summed E-state index contributed by atoms with van der Waals surface area (Å²) in [5.41, 5.74) is 0.690. The van der Waals surface area contributed by atoms with E-state index in [1.54, 1.807) is 6.07 Å². The summed E-state index contributed by atoms with van der Waals surface area (Å²) in [6.45, 7) is 0. The minimum absolute atomic E-state index is 0.209. The van der Waals surface area contributed by atoms with Gasteiger partial charge in [-0.2, -0.15) is 0 Å². The average molecular weight is 238 g/mol. The number of aryl methyl sites for hydroxylation is 1. The number of halogens is 2. The van der Waals surface area contributed by atoms with E-state index in [2.05, 4.69) is 0 Å². The molecule has 1 nitrogen and oxygen atoms in total. The Morgan fingerprint density at radius 1 is 1.18 bits per heavy atom. The molecule has 2 rings (SSSR count). The molecular formula is C14H16F2O. The Balaban J connectivity index is 1.88. The highest BCUT2D eigenvalue weighted by atomic mass is 19.2. The second-order valence-corrected chi connectivity index (χ2v) is 4.70. The molecule has 17 heavy (non-hydrogen) atoms. The van der Waals surface area contributed by atoms with Crippen LogP contribution in [0.5, 0.6) is 0 Å². The summed E-state index contributed by atoms with van der Waals surface area (Å²) in [6.07, 6.45) is 5.22. The van der Waals surface area contributed by atoms with Crippen LogP contribution in [0.25, 0.3) is 0 Å². The summed E-state index contributed by atoms with van der Waals surface area (Å²) in [5, 5.41) is 0. The van der Waals surface area contributed by atoms with Crippen molar-refractivity contribution in [1.82, 2.24) is 0 Å². The average Bonchev–Trinajstić information content (AvgIpc) is 2.84. The van der Waals surface area contributed by atoms with Crippen molar-refractivity contribution in [1.29, 1.82) is 0 Å². The summed E-state index contributed by atoms with van der Waals surface area (Å²) in [7, 11) is 0. The first-order valence-corrected chi connectivity index (χ1v) is 6.13. The molecule has 0 bridgehead atoms. The van der Waals surface area contributed by atoms with E-state index in [0.29, 0.717) is 18.4 Å². The molecule has 0 aromatic heterocycles. The summed E-state index contributed by atoms with van der Waals surface area (Å²) in [4.78, 5) is 11.8. The zero-order valence-corrected chi connectivity index (χ0v) is 9.72. The van der Waals surface area contributed by atoms with E-state index in [1.165, 1.54) is 6.07 Å². The van der Waals surface area contributed by atoms with Crippen LogP contribution in [0.15, 0.2) is 18.2 Å². The van der Waals surface area contributed by atoms with Gasteiger partial charge in [-0.25, -0.2) is 8.78 Å². The minimum atomic E-state index is -0.837. The first-order valence-electron chi connectivity index (χ1n) is 6.13. The molecule has 0 amide bonds. The molecule has 0 unspecified atom stereocenters. The van der Waals surface area contributed by atoms with Gasteiger partial charge in [0.2, 0.25) is 0 Å². The largest absolute Gasteiger partial charge is 0.299 e. The van der Waals surface area contributed by atoms with Crippen LogP contribution in [0, 0.1) is 17.6 Å². The van der Waals surface area contributed by atoms with Crippen LogP contribution >= 0.6 is 0 Å². The fourth-order valence-corrected chi connectivity index (χ4v) is 2.41. The van der Waals surface area contributed by atoms with E-state index in [-0.39, 0.29) is 11.7 Å². The van der Waals surface area contributed by atoms with Crippen LogP contribution in [0.2, 0.25) is 0 Å². The number of rotatable bonds is 4. The van der Waals surface area contributed by atoms with E-state index in [9.17, 15) is 13.6 Å². The van der Waals surface area contributed by atoms with Gasteiger partial charge < -0.3 is 0 Å². The molecule has 1 saturated carbocycles. The maximum Gasteiger partial charge on any atom is 0.159 e. The van der Waals surface area contributed by atoms with Crippen molar-refractivity contribution in [2.45, 2.75) is 38.5 Å². The number of carbonyl (C=O) groups is 1. The summed E-state index contributed by atoms with van der Waals surface area (Å²) in [6, 6.07) is 3.84. The molecule has 1 aliphatic rings. The molecule has 1 aliphatic carbocycles. The predicted molar refractivity (Wildman–Crippen MR) is 61.6 cm³/mol. The molecular weight excluding hydrogens is 222 g/mol. The number of Topliss-reactive ketones (excluding diaryl/α,β-unsaturated/α-hetero) is 1. The molecule has 0 N–H and O–H groups in total. The van der Waals surface area contributed by atoms with E-state index < -0.39 is 11.6 Å². The van der Waals surface area contributed by atoms with Crippen LogP contribution in [-0.4, -0.2) is 5.78 Å². The van der Waals surface area contributed by atoms with Gasteiger partial charge in [0, 0.05) is 12.3 Å². The maximum atomic E-state index is 12.9. The Hall–Kier alpha value is -1.25. The van der Waals surface area contributed by atoms with Gasteiger partial charge in [0.05, 0.1) is 0 Å². The van der Waals surface area contributed by atoms with E-state index >= 15 is 0 Å². The topological polar surface area (TPSA) is 17.1 Å². The van der Waals surface area contributed by atoms with Crippen LogP contribution in [0.4, 0.5) is 8.78 Å². The van der Waals surface area contributed by atoms with Crippen molar-refractivity contribution in [3.05, 3.63) is 35.4 Å². The Kier molecular flexibility index (Phi) is 3.87. The van der Waals surface area contributed by atoms with Crippen molar-refractivity contribution in [2.24, 2.45) is 5.92 Å². The lowest BCUT2D eigenvalue weighted by Crippen LogP contribution is -2.11. The van der Waals surface area contributed by atoms with E-state index in [4.69, 9.17) is 0 Å². The van der Waals surface area contributed by atoms with Crippen LogP contribution in [0.3, 0.4) is 0 Å². The van der Waals surface area contributed by atoms with E-state index in [0.717, 1.165) is 31.7 Å². The van der Waals surface area contributed by atoms with Gasteiger partial charge in [0.25, 0.3) is 0 Å². The third-order valence-corrected chi connectivity index (χ3v) is 3.45. The molecule has 0 atom stereocenters. The number of benzene rings is 1. The van der Waals surface area contributed by atoms with Gasteiger partial charge in [-0.05, 0) is 37.0 Å². The van der Waals surface area contributed by atoms with Crippen LogP contribution in [-0.2, 0) is 11.2 Å². The molecule has 0 radical (unpaired) electrons. The molecule has 3 heteroatoms. The zero-order chi connectivity index (χ0) is 12.3. The molecule has 0 spiro atoms. The number of hydrogen-bond acceptors (Lipinski definition) is 1. The van der Waals surface area contributed by atoms with Crippen LogP contribution in [0.1, 0.15) is 37.7 Å². The van der Waals surface area contributed by atoms with Gasteiger partial charge in [-0.3, -0.25) is 4.79 Å². The first kappa shape index (κ1) is 12.2. The van der Waals surface area contributed by atoms with Gasteiger partial charge in [0.15, 0.2) is 11.6 Å². The molecule has 0 aliphatic heterocycles.